The molecule has 1 N–H and O–H groups in total. The molecule has 8 nitrogen and oxygen atoms in total. The minimum Gasteiger partial charge on any atom is -0.424 e. The van der Waals surface area contributed by atoms with Gasteiger partial charge in [-0.15, -0.1) is 0 Å². The molecular formula is C24H28N6O2. The van der Waals surface area contributed by atoms with E-state index in [4.69, 9.17) is 14.2 Å². The lowest BCUT2D eigenvalue weighted by atomic mass is 10.1. The molecule has 0 bridgehead atoms. The zero-order valence-electron chi connectivity index (χ0n) is 18.8. The van der Waals surface area contributed by atoms with E-state index >= 15 is 0 Å². The van der Waals surface area contributed by atoms with E-state index in [-0.39, 0.29) is 0 Å². The van der Waals surface area contributed by atoms with Gasteiger partial charge in [0.1, 0.15) is 17.4 Å². The number of ether oxygens (including phenoxy) is 1. The third-order valence-corrected chi connectivity index (χ3v) is 5.89. The smallest absolute Gasteiger partial charge is 0.325 e. The molecule has 0 atom stereocenters. The molecule has 2 aromatic heterocycles. The number of hydrogen-bond donors (Lipinski definition) is 1. The number of likely N-dealkylation sites (N-methyl/N-ethyl adjacent to an activating group) is 1. The lowest BCUT2D eigenvalue weighted by Crippen LogP contribution is -2.44. The zero-order valence-corrected chi connectivity index (χ0v) is 18.8. The van der Waals surface area contributed by atoms with Crippen LogP contribution in [0.25, 0.3) is 6.08 Å². The molecule has 3 heterocycles. The summed E-state index contributed by atoms with van der Waals surface area (Å²) in [6.45, 7) is 7.96. The first-order valence-electron chi connectivity index (χ1n) is 11.1. The summed E-state index contributed by atoms with van der Waals surface area (Å²) in [6, 6.07) is 10.3. The number of hydrogen-bond acceptors (Lipinski definition) is 8. The maximum Gasteiger partial charge on any atom is 0.325 e. The molecule has 1 aromatic carbocycles. The minimum absolute atomic E-state index is 0.304. The summed E-state index contributed by atoms with van der Waals surface area (Å²) in [5.41, 5.74) is 4.76. The Bertz CT molecular complexity index is 1150. The molecule has 32 heavy (non-hydrogen) atoms. The molecular weight excluding hydrogens is 404 g/mol. The maximum atomic E-state index is 6.12. The van der Waals surface area contributed by atoms with Crippen LogP contribution in [-0.2, 0) is 12.8 Å². The molecule has 8 heteroatoms. The molecule has 1 fully saturated rings. The molecule has 0 amide bonds. The Balaban J connectivity index is 1.44. The normalized spacial score (nSPS) is 16.1. The van der Waals surface area contributed by atoms with E-state index in [2.05, 4.69) is 57.4 Å². The van der Waals surface area contributed by atoms with Crippen molar-refractivity contribution in [2.75, 3.05) is 43.4 Å². The Morgan fingerprint density at radius 3 is 2.72 bits per heavy atom. The summed E-state index contributed by atoms with van der Waals surface area (Å²) in [5, 5.41) is 7.26. The van der Waals surface area contributed by atoms with Gasteiger partial charge in [-0.3, -0.25) is 0 Å². The van der Waals surface area contributed by atoms with Crippen LogP contribution in [0.2, 0.25) is 0 Å². The predicted octanol–water partition coefficient (Wildman–Crippen LogP) is 4.27. The summed E-state index contributed by atoms with van der Waals surface area (Å²) in [4.78, 5) is 13.9. The van der Waals surface area contributed by atoms with Gasteiger partial charge in [-0.25, -0.2) is 0 Å². The maximum absolute atomic E-state index is 6.12. The SMILES string of the molecule is CCc1cc(Nc2cc(N3CCN(C)CC3)nc(Oc3ccc4c(c3)C=C(C)C4)n2)on1. The number of aromatic nitrogens is 3. The number of nitrogens with one attached hydrogen (secondary N) is 1. The summed E-state index contributed by atoms with van der Waals surface area (Å²) in [6.07, 6.45) is 4.00. The Morgan fingerprint density at radius 2 is 1.94 bits per heavy atom. The van der Waals surface area contributed by atoms with E-state index in [0.29, 0.717) is 17.7 Å². The van der Waals surface area contributed by atoms with Crippen LogP contribution >= 0.6 is 0 Å². The highest BCUT2D eigenvalue weighted by molar-refractivity contribution is 5.65. The fraction of sp³-hybridized carbons (Fsp3) is 0.375. The van der Waals surface area contributed by atoms with Crippen molar-refractivity contribution in [2.24, 2.45) is 0 Å². The second-order valence-electron chi connectivity index (χ2n) is 8.48. The molecule has 0 radical (unpaired) electrons. The molecule has 2 aliphatic rings. The molecule has 1 saturated heterocycles. The van der Waals surface area contributed by atoms with Crippen LogP contribution in [0.4, 0.5) is 17.5 Å². The van der Waals surface area contributed by atoms with E-state index in [0.717, 1.165) is 56.3 Å². The van der Waals surface area contributed by atoms with Crippen LogP contribution in [0.15, 0.2) is 40.4 Å². The largest absolute Gasteiger partial charge is 0.424 e. The van der Waals surface area contributed by atoms with Crippen LogP contribution in [-0.4, -0.2) is 53.3 Å². The number of fused-ring (bicyclic) bond motifs is 1. The van der Waals surface area contributed by atoms with Crippen molar-refractivity contribution in [3.8, 4) is 11.8 Å². The topological polar surface area (TPSA) is 79.5 Å². The van der Waals surface area contributed by atoms with Crippen molar-refractivity contribution >= 4 is 23.6 Å². The number of benzene rings is 1. The van der Waals surface area contributed by atoms with Gasteiger partial charge in [0.15, 0.2) is 0 Å². The second-order valence-corrected chi connectivity index (χ2v) is 8.48. The van der Waals surface area contributed by atoms with Crippen LogP contribution in [0.3, 0.4) is 0 Å². The van der Waals surface area contributed by atoms with E-state index in [9.17, 15) is 0 Å². The van der Waals surface area contributed by atoms with Gasteiger partial charge >= 0.3 is 6.01 Å². The van der Waals surface area contributed by atoms with E-state index in [1.54, 1.807) is 0 Å². The quantitative estimate of drug-likeness (QED) is 0.619. The summed E-state index contributed by atoms with van der Waals surface area (Å²) in [5.74, 6) is 2.72. The van der Waals surface area contributed by atoms with Gasteiger partial charge in [0, 0.05) is 38.3 Å². The third-order valence-electron chi connectivity index (χ3n) is 5.89. The minimum atomic E-state index is 0.304. The summed E-state index contributed by atoms with van der Waals surface area (Å²) >= 11 is 0. The van der Waals surface area contributed by atoms with Crippen molar-refractivity contribution < 1.29 is 9.26 Å². The summed E-state index contributed by atoms with van der Waals surface area (Å²) < 4.78 is 11.5. The van der Waals surface area contributed by atoms with Crippen LogP contribution in [0.1, 0.15) is 30.7 Å². The first kappa shape index (κ1) is 20.5. The standard InChI is InChI=1S/C24H28N6O2/c1-4-19-14-23(32-28-19)25-21-15-22(30-9-7-29(3)8-10-30)27-24(26-21)31-20-6-5-17-11-16(2)12-18(17)13-20/h5-6,12-15H,4,7-11H2,1-3H3,(H,25,26,27). The lowest BCUT2D eigenvalue weighted by molar-refractivity contribution is 0.311. The predicted molar refractivity (Wildman–Crippen MR) is 125 cm³/mol. The Hall–Kier alpha value is -3.39. The number of allylic oxidation sites excluding steroid dienone is 1. The molecule has 0 spiro atoms. The van der Waals surface area contributed by atoms with Gasteiger partial charge in [0.05, 0.1) is 5.69 Å². The Kier molecular flexibility index (Phi) is 5.53. The van der Waals surface area contributed by atoms with E-state index in [1.165, 1.54) is 16.7 Å². The monoisotopic (exact) mass is 432 g/mol. The van der Waals surface area contributed by atoms with Crippen molar-refractivity contribution in [1.82, 2.24) is 20.0 Å². The molecule has 1 aliphatic heterocycles. The van der Waals surface area contributed by atoms with Gasteiger partial charge in [-0.2, -0.15) is 9.97 Å². The average molecular weight is 433 g/mol. The fourth-order valence-corrected chi connectivity index (χ4v) is 4.04. The second kappa shape index (κ2) is 8.63. The first-order valence-corrected chi connectivity index (χ1v) is 11.1. The van der Waals surface area contributed by atoms with Gasteiger partial charge in [-0.1, -0.05) is 29.8 Å². The fourth-order valence-electron chi connectivity index (χ4n) is 4.04. The average Bonchev–Trinajstić information content (AvgIpc) is 3.39. The summed E-state index contributed by atoms with van der Waals surface area (Å²) in [7, 11) is 2.14. The van der Waals surface area contributed by atoms with E-state index < -0.39 is 0 Å². The lowest BCUT2D eigenvalue weighted by Gasteiger charge is -2.33. The van der Waals surface area contributed by atoms with Gasteiger partial charge in [-0.05, 0) is 50.1 Å². The number of piperazine rings is 1. The molecule has 3 aromatic rings. The molecule has 166 valence electrons. The number of aryl methyl sites for hydroxylation is 1. The van der Waals surface area contributed by atoms with Crippen LogP contribution in [0, 0.1) is 0 Å². The van der Waals surface area contributed by atoms with Crippen LogP contribution < -0.4 is 15.0 Å². The number of anilines is 3. The van der Waals surface area contributed by atoms with Crippen molar-refractivity contribution in [1.29, 1.82) is 0 Å². The highest BCUT2D eigenvalue weighted by Crippen LogP contribution is 2.31. The van der Waals surface area contributed by atoms with Crippen molar-refractivity contribution in [3.05, 3.63) is 52.7 Å². The zero-order chi connectivity index (χ0) is 22.1. The molecule has 1 aliphatic carbocycles. The first-order chi connectivity index (χ1) is 15.6. The van der Waals surface area contributed by atoms with E-state index in [1.807, 2.05) is 25.1 Å². The number of nitrogens with zero attached hydrogens (tertiary/aromatic N) is 5. The van der Waals surface area contributed by atoms with Crippen LogP contribution in [0.5, 0.6) is 11.8 Å². The molecule has 0 saturated carbocycles. The van der Waals surface area contributed by atoms with Gasteiger partial charge in [0.2, 0.25) is 5.88 Å². The highest BCUT2D eigenvalue weighted by Gasteiger charge is 2.19. The van der Waals surface area contributed by atoms with Crippen molar-refractivity contribution in [2.45, 2.75) is 26.7 Å². The Labute approximate surface area is 187 Å². The third kappa shape index (κ3) is 4.45. The highest BCUT2D eigenvalue weighted by atomic mass is 16.5. The Morgan fingerprint density at radius 1 is 1.09 bits per heavy atom. The van der Waals surface area contributed by atoms with Gasteiger partial charge in [0.25, 0.3) is 0 Å². The molecule has 5 rings (SSSR count). The van der Waals surface area contributed by atoms with Gasteiger partial charge < -0.3 is 24.4 Å². The van der Waals surface area contributed by atoms with Crippen molar-refractivity contribution in [3.63, 3.8) is 0 Å². The number of rotatable bonds is 6. The molecule has 0 unspecified atom stereocenters.